The Hall–Kier alpha value is -4.15. The number of urea groups is 1. The molecule has 0 aliphatic carbocycles. The maximum Gasteiger partial charge on any atom is 0.332 e. The van der Waals surface area contributed by atoms with Gasteiger partial charge in [-0.05, 0) is 38.1 Å². The van der Waals surface area contributed by atoms with Crippen LogP contribution in [0.4, 0.5) is 16.3 Å². The highest BCUT2D eigenvalue weighted by molar-refractivity contribution is 6.19. The molecule has 1 aliphatic heterocycles. The van der Waals surface area contributed by atoms with Gasteiger partial charge in [0.05, 0.1) is 11.1 Å². The Morgan fingerprint density at radius 2 is 2.03 bits per heavy atom. The van der Waals surface area contributed by atoms with Crippen molar-refractivity contribution in [1.82, 2.24) is 15.2 Å². The number of anilines is 2. The molecule has 0 unspecified atom stereocenters. The second-order valence-electron chi connectivity index (χ2n) is 8.03. The molecular weight excluding hydrogens is 414 g/mol. The quantitative estimate of drug-likeness (QED) is 0.215. The Labute approximate surface area is 184 Å². The number of benzene rings is 1. The molecule has 0 atom stereocenters. The third-order valence-electron chi connectivity index (χ3n) is 4.74. The predicted molar refractivity (Wildman–Crippen MR) is 119 cm³/mol. The summed E-state index contributed by atoms with van der Waals surface area (Å²) in [5.41, 5.74) is 11.5. The molecular formula is C21H25N7O4. The lowest BCUT2D eigenvalue weighted by atomic mass is 10.1. The largest absolute Gasteiger partial charge is 0.490 e. The summed E-state index contributed by atoms with van der Waals surface area (Å²) in [6.07, 6.45) is 1.36. The molecule has 2 heterocycles. The number of pyridine rings is 1. The Kier molecular flexibility index (Phi) is 6.01. The topological polar surface area (TPSA) is 168 Å². The number of hydrogen-bond acceptors (Lipinski definition) is 7. The van der Waals surface area contributed by atoms with Crippen molar-refractivity contribution < 1.29 is 19.1 Å². The van der Waals surface area contributed by atoms with E-state index in [1.807, 2.05) is 0 Å². The standard InChI is InChI=1S/C21H25N7O4/c1-21(2,11-32-14-6-4-5-13(22)17(14)18(23)24)26-19(30)12-7-8-25-15(9-12)28-16(29)10-27(3)20(28)31/h4-9H,10-11,22H2,1-3H3,(H3,23,24)(H,26,30). The van der Waals surface area contributed by atoms with E-state index in [1.165, 1.54) is 30.3 Å². The van der Waals surface area contributed by atoms with E-state index in [0.717, 1.165) is 4.90 Å². The molecule has 0 spiro atoms. The minimum absolute atomic E-state index is 0.0481. The molecule has 0 radical (unpaired) electrons. The lowest BCUT2D eigenvalue weighted by Crippen LogP contribution is -2.48. The maximum absolute atomic E-state index is 12.8. The van der Waals surface area contributed by atoms with Crippen LogP contribution in [-0.2, 0) is 4.79 Å². The summed E-state index contributed by atoms with van der Waals surface area (Å²) < 4.78 is 5.79. The summed E-state index contributed by atoms with van der Waals surface area (Å²) in [4.78, 5) is 43.4. The van der Waals surface area contributed by atoms with Crippen molar-refractivity contribution in [1.29, 1.82) is 5.41 Å². The van der Waals surface area contributed by atoms with E-state index in [1.54, 1.807) is 32.0 Å². The van der Waals surface area contributed by atoms with Crippen LogP contribution >= 0.6 is 0 Å². The number of carbonyl (C=O) groups excluding carboxylic acids is 3. The highest BCUT2D eigenvalue weighted by Gasteiger charge is 2.36. The Balaban J connectivity index is 1.72. The van der Waals surface area contributed by atoms with Crippen molar-refractivity contribution in [3.8, 4) is 5.75 Å². The van der Waals surface area contributed by atoms with Gasteiger partial charge in [-0.3, -0.25) is 15.0 Å². The van der Waals surface area contributed by atoms with E-state index in [0.29, 0.717) is 17.0 Å². The molecule has 6 N–H and O–H groups in total. The van der Waals surface area contributed by atoms with Gasteiger partial charge >= 0.3 is 6.03 Å². The number of amidine groups is 1. The van der Waals surface area contributed by atoms with Gasteiger partial charge < -0.3 is 26.4 Å². The van der Waals surface area contributed by atoms with Crippen molar-refractivity contribution in [3.63, 3.8) is 0 Å². The molecule has 1 aromatic carbocycles. The van der Waals surface area contributed by atoms with Crippen LogP contribution in [-0.4, -0.2) is 59.3 Å². The van der Waals surface area contributed by atoms with Crippen molar-refractivity contribution in [2.45, 2.75) is 19.4 Å². The molecule has 11 heteroatoms. The molecule has 1 fully saturated rings. The molecule has 1 aliphatic rings. The number of likely N-dealkylation sites (N-methyl/N-ethyl adjacent to an activating group) is 1. The van der Waals surface area contributed by atoms with Crippen LogP contribution < -0.4 is 26.4 Å². The summed E-state index contributed by atoms with van der Waals surface area (Å²) in [5.74, 6) is -0.659. The van der Waals surface area contributed by atoms with E-state index >= 15 is 0 Å². The van der Waals surface area contributed by atoms with Gasteiger partial charge in [0.25, 0.3) is 11.8 Å². The zero-order valence-electron chi connectivity index (χ0n) is 18.0. The lowest BCUT2D eigenvalue weighted by Gasteiger charge is -2.27. The number of aromatic nitrogens is 1. The monoisotopic (exact) mass is 439 g/mol. The fourth-order valence-corrected chi connectivity index (χ4v) is 3.16. The molecule has 1 saturated heterocycles. The molecule has 11 nitrogen and oxygen atoms in total. The molecule has 0 saturated carbocycles. The van der Waals surface area contributed by atoms with E-state index in [2.05, 4.69) is 10.3 Å². The Morgan fingerprint density at radius 3 is 2.66 bits per heavy atom. The van der Waals surface area contributed by atoms with Crippen molar-refractivity contribution in [3.05, 3.63) is 47.7 Å². The van der Waals surface area contributed by atoms with E-state index < -0.39 is 23.4 Å². The van der Waals surface area contributed by atoms with Crippen LogP contribution in [0.5, 0.6) is 5.75 Å². The highest BCUT2D eigenvalue weighted by Crippen LogP contribution is 2.25. The van der Waals surface area contributed by atoms with E-state index in [9.17, 15) is 14.4 Å². The summed E-state index contributed by atoms with van der Waals surface area (Å²) in [7, 11) is 1.51. The van der Waals surface area contributed by atoms with E-state index in [-0.39, 0.29) is 30.4 Å². The molecule has 4 amide bonds. The van der Waals surface area contributed by atoms with Gasteiger partial charge in [-0.15, -0.1) is 0 Å². The average Bonchev–Trinajstić information content (AvgIpc) is 2.97. The number of nitrogens with one attached hydrogen (secondary N) is 2. The number of nitrogens with zero attached hydrogens (tertiary/aromatic N) is 3. The summed E-state index contributed by atoms with van der Waals surface area (Å²) in [6.45, 7) is 3.53. The van der Waals surface area contributed by atoms with Crippen LogP contribution in [0.1, 0.15) is 29.8 Å². The van der Waals surface area contributed by atoms with Crippen molar-refractivity contribution >= 4 is 35.2 Å². The molecule has 3 rings (SSSR count). The van der Waals surface area contributed by atoms with Crippen LogP contribution in [0.3, 0.4) is 0 Å². The predicted octanol–water partition coefficient (Wildman–Crippen LogP) is 0.934. The zero-order valence-corrected chi connectivity index (χ0v) is 18.0. The van der Waals surface area contributed by atoms with Gasteiger partial charge in [-0.25, -0.2) is 14.7 Å². The number of carbonyl (C=O) groups is 3. The normalized spacial score (nSPS) is 14.0. The summed E-state index contributed by atoms with van der Waals surface area (Å²) >= 11 is 0. The zero-order chi connectivity index (χ0) is 23.6. The second kappa shape index (κ2) is 8.53. The molecule has 168 valence electrons. The highest BCUT2D eigenvalue weighted by atomic mass is 16.5. The number of nitrogens with two attached hydrogens (primary N) is 2. The third-order valence-corrected chi connectivity index (χ3v) is 4.74. The number of amides is 4. The van der Waals surface area contributed by atoms with Gasteiger partial charge in [0.15, 0.2) is 0 Å². The van der Waals surface area contributed by atoms with Gasteiger partial charge in [-0.1, -0.05) is 6.07 Å². The van der Waals surface area contributed by atoms with Crippen LogP contribution in [0.25, 0.3) is 0 Å². The maximum atomic E-state index is 12.8. The van der Waals surface area contributed by atoms with E-state index in [4.69, 9.17) is 21.6 Å². The first-order valence-electron chi connectivity index (χ1n) is 9.72. The lowest BCUT2D eigenvalue weighted by molar-refractivity contribution is -0.116. The molecule has 0 bridgehead atoms. The fraction of sp³-hybridized carbons (Fsp3) is 0.286. The van der Waals surface area contributed by atoms with Crippen molar-refractivity contribution in [2.75, 3.05) is 30.8 Å². The summed E-state index contributed by atoms with van der Waals surface area (Å²) in [6, 6.07) is 7.30. The number of rotatable bonds is 7. The van der Waals surface area contributed by atoms with Crippen LogP contribution in [0, 0.1) is 5.41 Å². The first-order chi connectivity index (χ1) is 15.0. The number of hydrogen-bond donors (Lipinski definition) is 4. The Morgan fingerprint density at radius 1 is 1.31 bits per heavy atom. The van der Waals surface area contributed by atoms with Crippen LogP contribution in [0.2, 0.25) is 0 Å². The number of imide groups is 1. The number of nitrogen functional groups attached to an aromatic ring is 2. The smallest absolute Gasteiger partial charge is 0.332 e. The SMILES string of the molecule is CN1CC(=O)N(c2cc(C(=O)NC(C)(C)COc3cccc(N)c3C(=N)N)ccn2)C1=O. The molecule has 32 heavy (non-hydrogen) atoms. The Bertz CT molecular complexity index is 1100. The van der Waals surface area contributed by atoms with Gasteiger partial charge in [0.2, 0.25) is 0 Å². The van der Waals surface area contributed by atoms with Crippen LogP contribution in [0.15, 0.2) is 36.5 Å². The molecule has 2 aromatic rings. The third kappa shape index (κ3) is 4.61. The minimum atomic E-state index is -0.821. The number of ether oxygens (including phenoxy) is 1. The van der Waals surface area contributed by atoms with Gasteiger partial charge in [-0.2, -0.15) is 0 Å². The second-order valence-corrected chi connectivity index (χ2v) is 8.03. The van der Waals surface area contributed by atoms with Gasteiger partial charge in [0.1, 0.15) is 30.6 Å². The first-order valence-corrected chi connectivity index (χ1v) is 9.72. The summed E-state index contributed by atoms with van der Waals surface area (Å²) in [5, 5.41) is 10.5. The first kappa shape index (κ1) is 22.5. The minimum Gasteiger partial charge on any atom is -0.490 e. The molecule has 1 aromatic heterocycles. The van der Waals surface area contributed by atoms with Gasteiger partial charge in [0, 0.05) is 24.5 Å². The fourth-order valence-electron chi connectivity index (χ4n) is 3.16. The average molecular weight is 439 g/mol. The van der Waals surface area contributed by atoms with Crippen molar-refractivity contribution in [2.24, 2.45) is 5.73 Å².